The van der Waals surface area contributed by atoms with Crippen molar-refractivity contribution in [2.45, 2.75) is 19.8 Å². The van der Waals surface area contributed by atoms with Crippen LogP contribution in [-0.2, 0) is 11.2 Å². The third-order valence-corrected chi connectivity index (χ3v) is 5.84. The third kappa shape index (κ3) is 3.91. The number of ketones is 1. The van der Waals surface area contributed by atoms with Gasteiger partial charge >= 0.3 is 0 Å². The summed E-state index contributed by atoms with van der Waals surface area (Å²) >= 11 is 13.5. The molecule has 0 spiro atoms. The quantitative estimate of drug-likeness (QED) is 0.713. The number of hydrogen-bond donors (Lipinski definition) is 0. The zero-order chi connectivity index (χ0) is 17.1. The molecule has 2 heterocycles. The molecule has 0 amide bonds. The number of anilines is 1. The highest BCUT2D eigenvalue weighted by molar-refractivity contribution is 7.17. The SMILES string of the molecule is CCC(=O)c1sc(N2CCOCC2)nc1Cc1ccc(Cl)c(Cl)c1. The van der Waals surface area contributed by atoms with Crippen LogP contribution in [0.5, 0.6) is 0 Å². The van der Waals surface area contributed by atoms with Crippen LogP contribution in [0.15, 0.2) is 18.2 Å². The van der Waals surface area contributed by atoms with Gasteiger partial charge in [-0.25, -0.2) is 4.98 Å². The normalized spacial score (nSPS) is 14.9. The van der Waals surface area contributed by atoms with Crippen molar-refractivity contribution in [2.24, 2.45) is 0 Å². The van der Waals surface area contributed by atoms with Gasteiger partial charge in [0.2, 0.25) is 0 Å². The van der Waals surface area contributed by atoms with E-state index >= 15 is 0 Å². The Morgan fingerprint density at radius 3 is 2.71 bits per heavy atom. The van der Waals surface area contributed by atoms with Crippen molar-refractivity contribution >= 4 is 45.5 Å². The Morgan fingerprint density at radius 1 is 1.29 bits per heavy atom. The number of thiazole rings is 1. The largest absolute Gasteiger partial charge is 0.378 e. The Kier molecular flexibility index (Phi) is 5.76. The van der Waals surface area contributed by atoms with Crippen LogP contribution in [0.2, 0.25) is 10.0 Å². The number of nitrogens with zero attached hydrogens (tertiary/aromatic N) is 2. The van der Waals surface area contributed by atoms with Gasteiger partial charge < -0.3 is 9.64 Å². The summed E-state index contributed by atoms with van der Waals surface area (Å²) < 4.78 is 5.39. The molecule has 1 aromatic carbocycles. The average Bonchev–Trinajstić information content (AvgIpc) is 3.02. The molecule has 0 radical (unpaired) electrons. The first-order chi connectivity index (χ1) is 11.6. The lowest BCUT2D eigenvalue weighted by Gasteiger charge is -2.26. The Hall–Kier alpha value is -1.14. The summed E-state index contributed by atoms with van der Waals surface area (Å²) in [5, 5.41) is 1.93. The molecule has 2 aromatic rings. The van der Waals surface area contributed by atoms with Crippen LogP contribution in [0.1, 0.15) is 34.3 Å². The second kappa shape index (κ2) is 7.83. The van der Waals surface area contributed by atoms with Crippen LogP contribution in [0.3, 0.4) is 0 Å². The minimum atomic E-state index is 0.127. The lowest BCUT2D eigenvalue weighted by molar-refractivity contribution is 0.0991. The molecule has 0 unspecified atom stereocenters. The van der Waals surface area contributed by atoms with E-state index in [0.29, 0.717) is 36.1 Å². The van der Waals surface area contributed by atoms with Gasteiger partial charge in [0.1, 0.15) is 0 Å². The Bertz CT molecular complexity index is 742. The first-order valence-corrected chi connectivity index (χ1v) is 9.45. The number of rotatable bonds is 5. The summed E-state index contributed by atoms with van der Waals surface area (Å²) in [5.74, 6) is 0.127. The van der Waals surface area contributed by atoms with E-state index in [1.807, 2.05) is 19.1 Å². The highest BCUT2D eigenvalue weighted by Crippen LogP contribution is 2.31. The van der Waals surface area contributed by atoms with E-state index in [2.05, 4.69) is 4.90 Å². The number of carbonyl (C=O) groups is 1. The number of halogens is 2. The molecule has 1 aliphatic heterocycles. The predicted octanol–water partition coefficient (Wildman–Crippen LogP) is 4.47. The molecule has 0 saturated carbocycles. The van der Waals surface area contributed by atoms with Crippen LogP contribution < -0.4 is 4.90 Å². The van der Waals surface area contributed by atoms with E-state index in [4.69, 9.17) is 32.9 Å². The molecule has 0 aliphatic carbocycles. The maximum atomic E-state index is 12.3. The maximum absolute atomic E-state index is 12.3. The van der Waals surface area contributed by atoms with Crippen LogP contribution >= 0.6 is 34.5 Å². The number of ether oxygens (including phenoxy) is 1. The fourth-order valence-corrected chi connectivity index (χ4v) is 4.03. The Morgan fingerprint density at radius 2 is 2.04 bits per heavy atom. The monoisotopic (exact) mass is 384 g/mol. The lowest BCUT2D eigenvalue weighted by Crippen LogP contribution is -2.36. The Balaban J connectivity index is 1.90. The number of hydrogen-bond acceptors (Lipinski definition) is 5. The van der Waals surface area contributed by atoms with Crippen molar-refractivity contribution < 1.29 is 9.53 Å². The van der Waals surface area contributed by atoms with Gasteiger partial charge in [-0.3, -0.25) is 4.79 Å². The predicted molar refractivity (Wildman–Crippen MR) is 99.0 cm³/mol. The molecule has 0 N–H and O–H groups in total. The molecule has 1 aliphatic rings. The zero-order valence-corrected chi connectivity index (χ0v) is 15.7. The van der Waals surface area contributed by atoms with Crippen molar-refractivity contribution in [3.8, 4) is 0 Å². The number of morpholine rings is 1. The molecule has 0 bridgehead atoms. The molecule has 7 heteroatoms. The molecular weight excluding hydrogens is 367 g/mol. The molecule has 128 valence electrons. The summed E-state index contributed by atoms with van der Waals surface area (Å²) in [5.41, 5.74) is 1.81. The molecular formula is C17H18Cl2N2O2S. The summed E-state index contributed by atoms with van der Waals surface area (Å²) in [6.07, 6.45) is 1.04. The summed E-state index contributed by atoms with van der Waals surface area (Å²) in [6, 6.07) is 5.52. The molecule has 1 aromatic heterocycles. The first kappa shape index (κ1) is 17.7. The zero-order valence-electron chi connectivity index (χ0n) is 13.3. The lowest BCUT2D eigenvalue weighted by atomic mass is 10.1. The first-order valence-electron chi connectivity index (χ1n) is 7.88. The smallest absolute Gasteiger partial charge is 0.186 e. The number of carbonyl (C=O) groups excluding carboxylic acids is 1. The molecule has 24 heavy (non-hydrogen) atoms. The number of aromatic nitrogens is 1. The Labute approximate surface area is 155 Å². The van der Waals surface area contributed by atoms with Crippen molar-refractivity contribution in [1.29, 1.82) is 0 Å². The minimum absolute atomic E-state index is 0.127. The van der Waals surface area contributed by atoms with Crippen molar-refractivity contribution in [1.82, 2.24) is 4.98 Å². The van der Waals surface area contributed by atoms with Crippen molar-refractivity contribution in [3.63, 3.8) is 0 Å². The second-order valence-electron chi connectivity index (χ2n) is 5.57. The van der Waals surface area contributed by atoms with Crippen LogP contribution in [0, 0.1) is 0 Å². The highest BCUT2D eigenvalue weighted by atomic mass is 35.5. The summed E-state index contributed by atoms with van der Waals surface area (Å²) in [4.78, 5) is 20.0. The van der Waals surface area contributed by atoms with Gasteiger partial charge in [-0.2, -0.15) is 0 Å². The van der Waals surface area contributed by atoms with E-state index in [1.54, 1.807) is 6.07 Å². The van der Waals surface area contributed by atoms with E-state index in [1.165, 1.54) is 11.3 Å². The standard InChI is InChI=1S/C17H18Cl2N2O2S/c1-2-15(22)16-14(10-11-3-4-12(18)13(19)9-11)20-17(24-16)21-5-7-23-8-6-21/h3-4,9H,2,5-8,10H2,1H3. The van der Waals surface area contributed by atoms with E-state index in [-0.39, 0.29) is 5.78 Å². The molecule has 0 atom stereocenters. The van der Waals surface area contributed by atoms with Crippen molar-refractivity contribution in [3.05, 3.63) is 44.4 Å². The van der Waals surface area contributed by atoms with Gasteiger partial charge in [0.05, 0.1) is 33.8 Å². The van der Waals surface area contributed by atoms with Crippen LogP contribution in [0.4, 0.5) is 5.13 Å². The molecule has 1 saturated heterocycles. The average molecular weight is 385 g/mol. The van der Waals surface area contributed by atoms with Gasteiger partial charge in [-0.1, -0.05) is 47.5 Å². The molecule has 4 nitrogen and oxygen atoms in total. The van der Waals surface area contributed by atoms with Gasteiger partial charge in [0.15, 0.2) is 10.9 Å². The fourth-order valence-electron chi connectivity index (χ4n) is 2.57. The number of Topliss-reactive ketones (excluding diaryl/α,β-unsaturated/α-hetero) is 1. The number of benzene rings is 1. The van der Waals surface area contributed by atoms with Crippen LogP contribution in [0.25, 0.3) is 0 Å². The van der Waals surface area contributed by atoms with E-state index in [9.17, 15) is 4.79 Å². The van der Waals surface area contributed by atoms with Gasteiger partial charge in [-0.05, 0) is 17.7 Å². The van der Waals surface area contributed by atoms with Gasteiger partial charge in [0.25, 0.3) is 0 Å². The van der Waals surface area contributed by atoms with E-state index < -0.39 is 0 Å². The minimum Gasteiger partial charge on any atom is -0.378 e. The summed E-state index contributed by atoms with van der Waals surface area (Å²) in [6.45, 7) is 4.87. The van der Waals surface area contributed by atoms with Crippen molar-refractivity contribution in [2.75, 3.05) is 31.2 Å². The molecule has 1 fully saturated rings. The highest BCUT2D eigenvalue weighted by Gasteiger charge is 2.21. The summed E-state index contributed by atoms with van der Waals surface area (Å²) in [7, 11) is 0. The third-order valence-electron chi connectivity index (χ3n) is 3.90. The fraction of sp³-hybridized carbons (Fsp3) is 0.412. The molecule has 3 rings (SSSR count). The van der Waals surface area contributed by atoms with Gasteiger partial charge in [-0.15, -0.1) is 0 Å². The maximum Gasteiger partial charge on any atom is 0.186 e. The van der Waals surface area contributed by atoms with E-state index in [0.717, 1.165) is 34.4 Å². The van der Waals surface area contributed by atoms with Gasteiger partial charge in [0, 0.05) is 25.9 Å². The topological polar surface area (TPSA) is 42.4 Å². The second-order valence-corrected chi connectivity index (χ2v) is 7.37. The van der Waals surface area contributed by atoms with Crippen LogP contribution in [-0.4, -0.2) is 37.1 Å².